The molecule has 1 N–H and O–H groups in total. The minimum Gasteiger partial charge on any atom is -0.377 e. The lowest BCUT2D eigenvalue weighted by atomic mass is 10.0. The van der Waals surface area contributed by atoms with E-state index in [0.29, 0.717) is 11.2 Å². The van der Waals surface area contributed by atoms with Crippen LogP contribution in [0.3, 0.4) is 0 Å². The molecule has 0 aliphatic heterocycles. The molecule has 1 atom stereocenters. The number of rotatable bonds is 5. The van der Waals surface area contributed by atoms with Crippen LogP contribution in [0.4, 0.5) is 18.9 Å². The van der Waals surface area contributed by atoms with Crippen LogP contribution in [0.5, 0.6) is 0 Å². The summed E-state index contributed by atoms with van der Waals surface area (Å²) in [5, 5.41) is 12.2. The van der Waals surface area contributed by atoms with Gasteiger partial charge in [0.2, 0.25) is 0 Å². The molecule has 2 heterocycles. The van der Waals surface area contributed by atoms with Gasteiger partial charge in [-0.05, 0) is 36.2 Å². The van der Waals surface area contributed by atoms with Crippen molar-refractivity contribution in [2.75, 3.05) is 5.32 Å². The normalized spacial score (nSPS) is 12.5. The van der Waals surface area contributed by atoms with Crippen LogP contribution in [0, 0.1) is 5.82 Å². The Labute approximate surface area is 166 Å². The van der Waals surface area contributed by atoms with Crippen molar-refractivity contribution in [3.63, 3.8) is 0 Å². The zero-order valence-electron chi connectivity index (χ0n) is 15.9. The third-order valence-electron chi connectivity index (χ3n) is 4.94. The van der Waals surface area contributed by atoms with Crippen LogP contribution in [-0.2, 0) is 7.05 Å². The number of fused-ring (bicyclic) bond motifs is 1. The molecule has 0 aliphatic rings. The lowest BCUT2D eigenvalue weighted by Gasteiger charge is -2.18. The van der Waals surface area contributed by atoms with Crippen LogP contribution in [0.2, 0.25) is 0 Å². The van der Waals surface area contributed by atoms with E-state index in [4.69, 9.17) is 0 Å². The number of aromatic nitrogens is 3. The summed E-state index contributed by atoms with van der Waals surface area (Å²) < 4.78 is 42.6. The van der Waals surface area contributed by atoms with Crippen LogP contribution >= 0.6 is 0 Å². The maximum atomic E-state index is 14.5. The minimum atomic E-state index is -2.86. The summed E-state index contributed by atoms with van der Waals surface area (Å²) in [5.74, 6) is -0.890. The molecule has 0 spiro atoms. The molecule has 0 amide bonds. The zero-order chi connectivity index (χ0) is 20.5. The monoisotopic (exact) mass is 396 g/mol. The lowest BCUT2D eigenvalue weighted by molar-refractivity contribution is 0.146. The van der Waals surface area contributed by atoms with E-state index in [1.54, 1.807) is 13.1 Å². The lowest BCUT2D eigenvalue weighted by Crippen LogP contribution is -2.11. The summed E-state index contributed by atoms with van der Waals surface area (Å²) in [6, 6.07) is 11.3. The molecule has 4 rings (SSSR count). The highest BCUT2D eigenvalue weighted by molar-refractivity contribution is 5.93. The maximum Gasteiger partial charge on any atom is 0.266 e. The molecule has 0 fully saturated rings. The second kappa shape index (κ2) is 7.58. The summed E-state index contributed by atoms with van der Waals surface area (Å²) in [7, 11) is 1.95. The van der Waals surface area contributed by atoms with Crippen LogP contribution < -0.4 is 5.32 Å². The van der Waals surface area contributed by atoms with Crippen LogP contribution in [0.1, 0.15) is 30.5 Å². The standard InChI is InChI=1S/C22H19F3N4/c1-13(16-4-3-5-17(21(16)23)22(24)25)27-20-11-26-28-19-7-6-14(10-18(19)20)15-8-9-29(2)12-15/h3-13,22H,1-2H3,(H,27,28)/t13-/m1/s1. The Hall–Kier alpha value is -3.35. The van der Waals surface area contributed by atoms with Gasteiger partial charge in [-0.25, -0.2) is 13.2 Å². The van der Waals surface area contributed by atoms with Gasteiger partial charge in [0.1, 0.15) is 5.82 Å². The quantitative estimate of drug-likeness (QED) is 0.458. The fourth-order valence-corrected chi connectivity index (χ4v) is 3.41. The third kappa shape index (κ3) is 3.68. The van der Waals surface area contributed by atoms with E-state index in [2.05, 4.69) is 15.5 Å². The number of anilines is 1. The molecule has 0 saturated carbocycles. The van der Waals surface area contributed by atoms with E-state index in [0.717, 1.165) is 22.6 Å². The van der Waals surface area contributed by atoms with Gasteiger partial charge in [-0.2, -0.15) is 10.2 Å². The first-order valence-electron chi connectivity index (χ1n) is 9.15. The summed E-state index contributed by atoms with van der Waals surface area (Å²) in [5.41, 5.74) is 2.98. The van der Waals surface area contributed by atoms with Crippen LogP contribution in [0.15, 0.2) is 61.1 Å². The fourth-order valence-electron chi connectivity index (χ4n) is 3.41. The van der Waals surface area contributed by atoms with E-state index in [9.17, 15) is 13.2 Å². The molecular weight excluding hydrogens is 377 g/mol. The highest BCUT2D eigenvalue weighted by Crippen LogP contribution is 2.32. The molecule has 4 aromatic rings. The number of hydrogen-bond acceptors (Lipinski definition) is 3. The molecule has 0 radical (unpaired) electrons. The van der Waals surface area contributed by atoms with Gasteiger partial charge in [0.05, 0.1) is 29.0 Å². The molecule has 148 valence electrons. The van der Waals surface area contributed by atoms with Gasteiger partial charge in [-0.3, -0.25) is 0 Å². The van der Waals surface area contributed by atoms with Crippen molar-refractivity contribution >= 4 is 16.6 Å². The molecule has 0 unspecified atom stereocenters. The smallest absolute Gasteiger partial charge is 0.266 e. The fraction of sp³-hybridized carbons (Fsp3) is 0.182. The first-order chi connectivity index (χ1) is 13.9. The van der Waals surface area contributed by atoms with Gasteiger partial charge in [-0.1, -0.05) is 24.3 Å². The predicted octanol–water partition coefficient (Wildman–Crippen LogP) is 5.89. The second-order valence-corrected chi connectivity index (χ2v) is 6.97. The average molecular weight is 396 g/mol. The SMILES string of the molecule is C[C@@H](Nc1cnnc2ccc(-c3ccn(C)c3)cc12)c1cccc(C(F)F)c1F. The van der Waals surface area contributed by atoms with Gasteiger partial charge in [0.15, 0.2) is 0 Å². The molecule has 2 aromatic heterocycles. The van der Waals surface area contributed by atoms with Gasteiger partial charge in [0.25, 0.3) is 6.43 Å². The molecule has 2 aromatic carbocycles. The molecule has 0 aliphatic carbocycles. The van der Waals surface area contributed by atoms with Crippen molar-refractivity contribution < 1.29 is 13.2 Å². The van der Waals surface area contributed by atoms with Crippen molar-refractivity contribution in [1.29, 1.82) is 0 Å². The van der Waals surface area contributed by atoms with Crippen LogP contribution in [-0.4, -0.2) is 14.8 Å². The van der Waals surface area contributed by atoms with Crippen molar-refractivity contribution in [3.8, 4) is 11.1 Å². The van der Waals surface area contributed by atoms with Crippen molar-refractivity contribution in [2.45, 2.75) is 19.4 Å². The van der Waals surface area contributed by atoms with E-state index >= 15 is 0 Å². The van der Waals surface area contributed by atoms with E-state index in [1.807, 2.05) is 48.3 Å². The van der Waals surface area contributed by atoms with Crippen molar-refractivity contribution in [3.05, 3.63) is 78.0 Å². The molecule has 7 heteroatoms. The van der Waals surface area contributed by atoms with Gasteiger partial charge < -0.3 is 9.88 Å². The predicted molar refractivity (Wildman–Crippen MR) is 107 cm³/mol. The van der Waals surface area contributed by atoms with E-state index in [-0.39, 0.29) is 5.56 Å². The third-order valence-corrected chi connectivity index (χ3v) is 4.94. The molecule has 29 heavy (non-hydrogen) atoms. The Balaban J connectivity index is 1.72. The Bertz CT molecular complexity index is 1170. The summed E-state index contributed by atoms with van der Waals surface area (Å²) in [6.45, 7) is 1.72. The Morgan fingerprint density at radius 1 is 1.03 bits per heavy atom. The molecule has 0 bridgehead atoms. The van der Waals surface area contributed by atoms with E-state index < -0.39 is 23.8 Å². The second-order valence-electron chi connectivity index (χ2n) is 6.97. The van der Waals surface area contributed by atoms with Gasteiger partial charge in [0, 0.05) is 30.4 Å². The highest BCUT2D eigenvalue weighted by Gasteiger charge is 2.20. The molecule has 4 nitrogen and oxygen atoms in total. The average Bonchev–Trinajstić information content (AvgIpc) is 3.14. The number of alkyl halides is 2. The van der Waals surface area contributed by atoms with Crippen molar-refractivity contribution in [1.82, 2.24) is 14.8 Å². The Morgan fingerprint density at radius 3 is 2.55 bits per heavy atom. The first kappa shape index (κ1) is 19.0. The first-order valence-corrected chi connectivity index (χ1v) is 9.15. The highest BCUT2D eigenvalue weighted by atomic mass is 19.3. The number of aryl methyl sites for hydroxylation is 1. The summed E-state index contributed by atoms with van der Waals surface area (Å²) in [6.07, 6.45) is 2.67. The minimum absolute atomic E-state index is 0.173. The number of nitrogens with zero attached hydrogens (tertiary/aromatic N) is 3. The number of nitrogens with one attached hydrogen (secondary N) is 1. The topological polar surface area (TPSA) is 42.7 Å². The Morgan fingerprint density at radius 2 is 1.83 bits per heavy atom. The zero-order valence-corrected chi connectivity index (χ0v) is 15.9. The molecule has 0 saturated heterocycles. The maximum absolute atomic E-state index is 14.5. The summed E-state index contributed by atoms with van der Waals surface area (Å²) in [4.78, 5) is 0. The number of benzene rings is 2. The molecular formula is C22H19F3N4. The Kier molecular flexibility index (Phi) is 4.96. The largest absolute Gasteiger partial charge is 0.377 e. The van der Waals surface area contributed by atoms with E-state index in [1.165, 1.54) is 12.1 Å². The van der Waals surface area contributed by atoms with Gasteiger partial charge in [-0.15, -0.1) is 0 Å². The van der Waals surface area contributed by atoms with Crippen LogP contribution in [0.25, 0.3) is 22.0 Å². The number of hydrogen-bond donors (Lipinski definition) is 1. The van der Waals surface area contributed by atoms with Gasteiger partial charge >= 0.3 is 0 Å². The summed E-state index contributed by atoms with van der Waals surface area (Å²) >= 11 is 0. The number of halogens is 3. The van der Waals surface area contributed by atoms with Crippen molar-refractivity contribution in [2.24, 2.45) is 7.05 Å².